The van der Waals surface area contributed by atoms with E-state index in [0.717, 1.165) is 17.9 Å². The first kappa shape index (κ1) is 11.4. The highest BCUT2D eigenvalue weighted by molar-refractivity contribution is 5.67. The molecule has 0 amide bonds. The van der Waals surface area contributed by atoms with Crippen molar-refractivity contribution in [2.24, 2.45) is 0 Å². The second kappa shape index (κ2) is 4.81. The number of hydrogen-bond acceptors (Lipinski definition) is 3. The van der Waals surface area contributed by atoms with Gasteiger partial charge < -0.3 is 15.4 Å². The SMILES string of the molecule is COc1cc(N)ccc1N1C=C=CCC(C)=C1. The molecule has 0 unspecified atom stereocenters. The number of methoxy groups -OCH3 is 1. The van der Waals surface area contributed by atoms with Gasteiger partial charge in [0.1, 0.15) is 5.75 Å². The molecule has 1 aromatic rings. The quantitative estimate of drug-likeness (QED) is 0.624. The van der Waals surface area contributed by atoms with Crippen molar-refractivity contribution in [3.8, 4) is 5.75 Å². The highest BCUT2D eigenvalue weighted by atomic mass is 16.5. The summed E-state index contributed by atoms with van der Waals surface area (Å²) in [4.78, 5) is 2.00. The van der Waals surface area contributed by atoms with Crippen LogP contribution in [0.5, 0.6) is 5.75 Å². The highest BCUT2D eigenvalue weighted by Crippen LogP contribution is 2.31. The molecule has 0 saturated carbocycles. The summed E-state index contributed by atoms with van der Waals surface area (Å²) in [5.41, 5.74) is 11.8. The topological polar surface area (TPSA) is 38.5 Å². The standard InChI is InChI=1S/C14H16N2O/c1-11-5-3-4-8-16(10-11)13-7-6-12(15)9-14(13)17-2/h3,6-10H,5,15H2,1-2H3. The van der Waals surface area contributed by atoms with Gasteiger partial charge in [0.05, 0.1) is 19.0 Å². The van der Waals surface area contributed by atoms with E-state index in [4.69, 9.17) is 10.5 Å². The van der Waals surface area contributed by atoms with Crippen LogP contribution in [-0.2, 0) is 0 Å². The Bertz CT molecular complexity index is 511. The van der Waals surface area contributed by atoms with Crippen LogP contribution in [0.15, 0.2) is 48.0 Å². The molecule has 1 aliphatic rings. The summed E-state index contributed by atoms with van der Waals surface area (Å²) < 4.78 is 5.35. The van der Waals surface area contributed by atoms with Gasteiger partial charge >= 0.3 is 0 Å². The van der Waals surface area contributed by atoms with Gasteiger partial charge in [0.25, 0.3) is 0 Å². The maximum Gasteiger partial charge on any atom is 0.144 e. The number of nitrogen functional groups attached to an aromatic ring is 1. The first-order valence-electron chi connectivity index (χ1n) is 5.51. The number of hydrogen-bond donors (Lipinski definition) is 1. The lowest BCUT2D eigenvalue weighted by Gasteiger charge is -2.18. The molecule has 0 aliphatic carbocycles. The normalized spacial score (nSPS) is 14.5. The van der Waals surface area contributed by atoms with Gasteiger partial charge in [-0.3, -0.25) is 0 Å². The largest absolute Gasteiger partial charge is 0.494 e. The van der Waals surface area contributed by atoms with Gasteiger partial charge in [-0.15, -0.1) is 5.73 Å². The van der Waals surface area contributed by atoms with E-state index in [1.165, 1.54) is 5.57 Å². The van der Waals surface area contributed by atoms with Crippen LogP contribution in [-0.4, -0.2) is 7.11 Å². The Morgan fingerprint density at radius 2 is 2.24 bits per heavy atom. The highest BCUT2D eigenvalue weighted by Gasteiger charge is 2.09. The third-order valence-electron chi connectivity index (χ3n) is 2.60. The zero-order chi connectivity index (χ0) is 12.3. The van der Waals surface area contributed by atoms with E-state index < -0.39 is 0 Å². The first-order valence-corrected chi connectivity index (χ1v) is 5.51. The average Bonchev–Trinajstić information content (AvgIpc) is 2.53. The van der Waals surface area contributed by atoms with Crippen molar-refractivity contribution in [3.05, 3.63) is 48.0 Å². The molecular formula is C14H16N2O. The van der Waals surface area contributed by atoms with Gasteiger partial charge in [-0.25, -0.2) is 0 Å². The average molecular weight is 228 g/mol. The molecule has 17 heavy (non-hydrogen) atoms. The van der Waals surface area contributed by atoms with Crippen LogP contribution < -0.4 is 15.4 Å². The Kier molecular flexibility index (Phi) is 3.22. The monoisotopic (exact) mass is 228 g/mol. The van der Waals surface area contributed by atoms with Crippen LogP contribution in [0, 0.1) is 0 Å². The molecule has 3 heteroatoms. The molecule has 88 valence electrons. The van der Waals surface area contributed by atoms with Gasteiger partial charge in [-0.1, -0.05) is 5.57 Å². The summed E-state index contributed by atoms with van der Waals surface area (Å²) in [7, 11) is 1.65. The van der Waals surface area contributed by atoms with E-state index in [1.807, 2.05) is 35.4 Å². The summed E-state index contributed by atoms with van der Waals surface area (Å²) in [6.45, 7) is 2.09. The predicted molar refractivity (Wildman–Crippen MR) is 70.9 cm³/mol. The summed E-state index contributed by atoms with van der Waals surface area (Å²) in [5, 5.41) is 0. The Morgan fingerprint density at radius 3 is 3.00 bits per heavy atom. The second-order valence-electron chi connectivity index (χ2n) is 4.02. The zero-order valence-corrected chi connectivity index (χ0v) is 10.1. The molecule has 0 saturated heterocycles. The van der Waals surface area contributed by atoms with Gasteiger partial charge in [-0.05, 0) is 31.6 Å². The summed E-state index contributed by atoms with van der Waals surface area (Å²) >= 11 is 0. The molecule has 1 heterocycles. The number of benzene rings is 1. The van der Waals surface area contributed by atoms with Gasteiger partial charge in [0.2, 0.25) is 0 Å². The van der Waals surface area contributed by atoms with Gasteiger partial charge in [0, 0.05) is 18.0 Å². The van der Waals surface area contributed by atoms with E-state index in [2.05, 4.69) is 18.9 Å². The van der Waals surface area contributed by atoms with Crippen LogP contribution in [0.25, 0.3) is 0 Å². The predicted octanol–water partition coefficient (Wildman–Crippen LogP) is 3.06. The number of ether oxygens (including phenoxy) is 1. The van der Waals surface area contributed by atoms with Gasteiger partial charge in [-0.2, -0.15) is 0 Å². The molecular weight excluding hydrogens is 212 g/mol. The third-order valence-corrected chi connectivity index (χ3v) is 2.60. The molecule has 0 fully saturated rings. The Hall–Kier alpha value is -2.12. The van der Waals surface area contributed by atoms with Crippen molar-refractivity contribution in [2.75, 3.05) is 17.7 Å². The van der Waals surface area contributed by atoms with Crippen molar-refractivity contribution in [3.63, 3.8) is 0 Å². The molecule has 1 aromatic carbocycles. The lowest BCUT2D eigenvalue weighted by Crippen LogP contribution is -2.08. The maximum atomic E-state index is 5.74. The van der Waals surface area contributed by atoms with Crippen molar-refractivity contribution < 1.29 is 4.74 Å². The van der Waals surface area contributed by atoms with Crippen LogP contribution in [0.2, 0.25) is 0 Å². The number of nitrogens with zero attached hydrogens (tertiary/aromatic N) is 1. The molecule has 2 rings (SSSR count). The van der Waals surface area contributed by atoms with Crippen molar-refractivity contribution >= 4 is 11.4 Å². The van der Waals surface area contributed by atoms with Crippen molar-refractivity contribution in [1.82, 2.24) is 0 Å². The molecule has 0 spiro atoms. The van der Waals surface area contributed by atoms with Crippen LogP contribution in [0.1, 0.15) is 13.3 Å². The smallest absolute Gasteiger partial charge is 0.144 e. The minimum atomic E-state index is 0.695. The van der Waals surface area contributed by atoms with E-state index in [-0.39, 0.29) is 0 Å². The fraction of sp³-hybridized carbons (Fsp3) is 0.214. The first-order chi connectivity index (χ1) is 8.20. The van der Waals surface area contributed by atoms with Crippen molar-refractivity contribution in [2.45, 2.75) is 13.3 Å². The minimum absolute atomic E-state index is 0.695. The van der Waals surface area contributed by atoms with E-state index >= 15 is 0 Å². The summed E-state index contributed by atoms with van der Waals surface area (Å²) in [6, 6.07) is 5.63. The molecule has 1 aliphatic heterocycles. The van der Waals surface area contributed by atoms with Crippen LogP contribution in [0.3, 0.4) is 0 Å². The molecule has 3 nitrogen and oxygen atoms in total. The number of nitrogens with two attached hydrogens (primary N) is 1. The molecule has 0 aromatic heterocycles. The maximum absolute atomic E-state index is 5.74. The molecule has 2 N–H and O–H groups in total. The molecule has 0 bridgehead atoms. The van der Waals surface area contributed by atoms with Crippen LogP contribution in [0.4, 0.5) is 11.4 Å². The zero-order valence-electron chi connectivity index (χ0n) is 10.1. The fourth-order valence-electron chi connectivity index (χ4n) is 1.73. The summed E-state index contributed by atoms with van der Waals surface area (Å²) in [5.74, 6) is 0.758. The number of anilines is 2. The van der Waals surface area contributed by atoms with E-state index in [1.54, 1.807) is 7.11 Å². The molecule has 0 radical (unpaired) electrons. The molecule has 0 atom stereocenters. The summed E-state index contributed by atoms with van der Waals surface area (Å²) in [6.07, 6.45) is 6.90. The van der Waals surface area contributed by atoms with Gasteiger partial charge in [0.15, 0.2) is 0 Å². The second-order valence-corrected chi connectivity index (χ2v) is 4.02. The number of allylic oxidation sites excluding steroid dienone is 2. The Morgan fingerprint density at radius 1 is 1.41 bits per heavy atom. The minimum Gasteiger partial charge on any atom is -0.494 e. The lowest BCUT2D eigenvalue weighted by molar-refractivity contribution is 0.416. The van der Waals surface area contributed by atoms with E-state index in [9.17, 15) is 0 Å². The number of rotatable bonds is 2. The fourth-order valence-corrected chi connectivity index (χ4v) is 1.73. The van der Waals surface area contributed by atoms with Crippen LogP contribution >= 0.6 is 0 Å². The third kappa shape index (κ3) is 2.52. The Labute approximate surface area is 101 Å². The Balaban J connectivity index is 2.46. The lowest BCUT2D eigenvalue weighted by atomic mass is 10.2. The van der Waals surface area contributed by atoms with Crippen molar-refractivity contribution in [1.29, 1.82) is 0 Å². The van der Waals surface area contributed by atoms with E-state index in [0.29, 0.717) is 5.69 Å².